The van der Waals surface area contributed by atoms with Crippen LogP contribution in [0.5, 0.6) is 0 Å². The Bertz CT molecular complexity index is 952. The minimum absolute atomic E-state index is 0.104. The highest BCUT2D eigenvalue weighted by atomic mass is 32.1. The SMILES string of the molecule is CCCc1nc2scc(-c3ccc(C)cc3)c2c(=O)n1CCN(CC)CC. The zero-order chi connectivity index (χ0) is 19.4. The van der Waals surface area contributed by atoms with Gasteiger partial charge >= 0.3 is 0 Å². The van der Waals surface area contributed by atoms with E-state index < -0.39 is 0 Å². The van der Waals surface area contributed by atoms with Crippen LogP contribution in [0.2, 0.25) is 0 Å². The highest BCUT2D eigenvalue weighted by Gasteiger charge is 2.17. The molecule has 0 N–H and O–H groups in total. The normalized spacial score (nSPS) is 11.6. The van der Waals surface area contributed by atoms with Crippen LogP contribution in [0.3, 0.4) is 0 Å². The van der Waals surface area contributed by atoms with Crippen molar-refractivity contribution in [2.75, 3.05) is 19.6 Å². The molecule has 0 saturated carbocycles. The molecule has 0 spiro atoms. The third-order valence-electron chi connectivity index (χ3n) is 5.14. The van der Waals surface area contributed by atoms with Crippen molar-refractivity contribution in [1.82, 2.24) is 14.5 Å². The number of aromatic nitrogens is 2. The van der Waals surface area contributed by atoms with Crippen LogP contribution < -0.4 is 5.56 Å². The third-order valence-corrected chi connectivity index (χ3v) is 6.02. The quantitative estimate of drug-likeness (QED) is 0.564. The van der Waals surface area contributed by atoms with Gasteiger partial charge in [0.15, 0.2) is 0 Å². The van der Waals surface area contributed by atoms with E-state index in [4.69, 9.17) is 4.98 Å². The number of fused-ring (bicyclic) bond motifs is 1. The fraction of sp³-hybridized carbons (Fsp3) is 0.455. The summed E-state index contributed by atoms with van der Waals surface area (Å²) in [4.78, 5) is 21.5. The minimum Gasteiger partial charge on any atom is -0.302 e. The molecule has 2 aromatic heterocycles. The first-order valence-electron chi connectivity index (χ1n) is 9.89. The van der Waals surface area contributed by atoms with Gasteiger partial charge in [-0.3, -0.25) is 9.36 Å². The van der Waals surface area contributed by atoms with Crippen LogP contribution in [0, 0.1) is 6.92 Å². The van der Waals surface area contributed by atoms with Crippen molar-refractivity contribution in [3.8, 4) is 11.1 Å². The number of rotatable bonds is 8. The molecule has 1 aromatic carbocycles. The van der Waals surface area contributed by atoms with Gasteiger partial charge in [0.05, 0.1) is 5.39 Å². The van der Waals surface area contributed by atoms with Crippen molar-refractivity contribution < 1.29 is 0 Å². The lowest BCUT2D eigenvalue weighted by atomic mass is 10.0. The van der Waals surface area contributed by atoms with E-state index >= 15 is 0 Å². The number of nitrogens with zero attached hydrogens (tertiary/aromatic N) is 3. The van der Waals surface area contributed by atoms with Crippen LogP contribution in [0.25, 0.3) is 21.3 Å². The van der Waals surface area contributed by atoms with Gasteiger partial charge in [0, 0.05) is 30.5 Å². The lowest BCUT2D eigenvalue weighted by molar-refractivity contribution is 0.287. The summed E-state index contributed by atoms with van der Waals surface area (Å²) in [6.07, 6.45) is 1.82. The van der Waals surface area contributed by atoms with Crippen LogP contribution in [0.1, 0.15) is 38.6 Å². The van der Waals surface area contributed by atoms with Gasteiger partial charge in [-0.2, -0.15) is 0 Å². The molecule has 5 heteroatoms. The topological polar surface area (TPSA) is 38.1 Å². The zero-order valence-corrected chi connectivity index (χ0v) is 17.6. The first-order chi connectivity index (χ1) is 13.1. The molecule has 0 saturated heterocycles. The Hall–Kier alpha value is -1.98. The Kier molecular flexibility index (Phi) is 6.45. The second kappa shape index (κ2) is 8.81. The van der Waals surface area contributed by atoms with Crippen LogP contribution >= 0.6 is 11.3 Å². The maximum Gasteiger partial charge on any atom is 0.262 e. The molecule has 27 heavy (non-hydrogen) atoms. The predicted octanol–water partition coefficient (Wildman–Crippen LogP) is 4.73. The zero-order valence-electron chi connectivity index (χ0n) is 16.8. The fourth-order valence-electron chi connectivity index (χ4n) is 3.44. The van der Waals surface area contributed by atoms with Crippen molar-refractivity contribution in [1.29, 1.82) is 0 Å². The summed E-state index contributed by atoms with van der Waals surface area (Å²) in [7, 11) is 0. The first kappa shape index (κ1) is 19.8. The molecule has 0 aliphatic carbocycles. The van der Waals surface area contributed by atoms with E-state index in [1.54, 1.807) is 11.3 Å². The van der Waals surface area contributed by atoms with Crippen molar-refractivity contribution in [3.63, 3.8) is 0 Å². The maximum atomic E-state index is 13.4. The van der Waals surface area contributed by atoms with E-state index in [1.807, 2.05) is 4.57 Å². The molecule has 0 bridgehead atoms. The second-order valence-electron chi connectivity index (χ2n) is 6.96. The maximum absolute atomic E-state index is 13.4. The summed E-state index contributed by atoms with van der Waals surface area (Å²) in [5.41, 5.74) is 3.42. The lowest BCUT2D eigenvalue weighted by Crippen LogP contribution is -2.33. The average molecular weight is 384 g/mol. The van der Waals surface area contributed by atoms with Crippen molar-refractivity contribution >= 4 is 21.6 Å². The summed E-state index contributed by atoms with van der Waals surface area (Å²) < 4.78 is 1.91. The molecule has 0 aliphatic heterocycles. The molecule has 0 unspecified atom stereocenters. The van der Waals surface area contributed by atoms with Gasteiger partial charge in [-0.25, -0.2) is 4.98 Å². The van der Waals surface area contributed by atoms with Gasteiger partial charge in [-0.15, -0.1) is 11.3 Å². The lowest BCUT2D eigenvalue weighted by Gasteiger charge is -2.20. The molecular weight excluding hydrogens is 354 g/mol. The van der Waals surface area contributed by atoms with E-state index in [0.29, 0.717) is 6.54 Å². The fourth-order valence-corrected chi connectivity index (χ4v) is 4.39. The molecule has 0 radical (unpaired) electrons. The molecule has 0 fully saturated rings. The molecule has 0 amide bonds. The largest absolute Gasteiger partial charge is 0.302 e. The van der Waals surface area contributed by atoms with Gasteiger partial charge in [0.25, 0.3) is 5.56 Å². The monoisotopic (exact) mass is 383 g/mol. The molecular formula is C22H29N3OS. The third kappa shape index (κ3) is 4.14. The molecule has 0 aliphatic rings. The Labute approximate surface area is 165 Å². The molecule has 2 heterocycles. The average Bonchev–Trinajstić information content (AvgIpc) is 3.09. The van der Waals surface area contributed by atoms with Crippen LogP contribution in [-0.2, 0) is 13.0 Å². The Morgan fingerprint density at radius 1 is 1.11 bits per heavy atom. The summed E-state index contributed by atoms with van der Waals surface area (Å²) in [5, 5.41) is 2.84. The van der Waals surface area contributed by atoms with Crippen LogP contribution in [0.15, 0.2) is 34.4 Å². The van der Waals surface area contributed by atoms with Crippen LogP contribution in [0.4, 0.5) is 0 Å². The standard InChI is InChI=1S/C22H29N3OS/c1-5-8-19-23-21-20(22(26)25(19)14-13-24(6-2)7-3)18(15-27-21)17-11-9-16(4)10-12-17/h9-12,15H,5-8,13-14H2,1-4H3. The summed E-state index contributed by atoms with van der Waals surface area (Å²) >= 11 is 1.57. The Balaban J connectivity index is 2.10. The number of aryl methyl sites for hydroxylation is 2. The van der Waals surface area contributed by atoms with E-state index in [-0.39, 0.29) is 5.56 Å². The highest BCUT2D eigenvalue weighted by Crippen LogP contribution is 2.31. The number of hydrogen-bond donors (Lipinski definition) is 0. The molecule has 4 nitrogen and oxygen atoms in total. The van der Waals surface area contributed by atoms with E-state index in [1.165, 1.54) is 5.56 Å². The molecule has 144 valence electrons. The van der Waals surface area contributed by atoms with E-state index in [9.17, 15) is 4.79 Å². The minimum atomic E-state index is 0.104. The smallest absolute Gasteiger partial charge is 0.262 e. The Morgan fingerprint density at radius 2 is 1.81 bits per heavy atom. The number of thiophene rings is 1. The van der Waals surface area contributed by atoms with Gasteiger partial charge in [-0.1, -0.05) is 50.6 Å². The highest BCUT2D eigenvalue weighted by molar-refractivity contribution is 7.17. The van der Waals surface area contributed by atoms with Crippen molar-refractivity contribution in [2.45, 2.75) is 47.1 Å². The van der Waals surface area contributed by atoms with E-state index in [2.05, 4.69) is 62.2 Å². The summed E-state index contributed by atoms with van der Waals surface area (Å²) in [6, 6.07) is 8.38. The van der Waals surface area contributed by atoms with Gasteiger partial charge in [0.2, 0.25) is 0 Å². The summed E-state index contributed by atoms with van der Waals surface area (Å²) in [5.74, 6) is 0.916. The predicted molar refractivity (Wildman–Crippen MR) is 116 cm³/mol. The van der Waals surface area contributed by atoms with Crippen molar-refractivity contribution in [3.05, 3.63) is 51.4 Å². The van der Waals surface area contributed by atoms with Crippen molar-refractivity contribution in [2.24, 2.45) is 0 Å². The first-order valence-corrected chi connectivity index (χ1v) is 10.8. The van der Waals surface area contributed by atoms with Gasteiger partial charge < -0.3 is 4.90 Å². The second-order valence-corrected chi connectivity index (χ2v) is 7.82. The summed E-state index contributed by atoms with van der Waals surface area (Å²) in [6.45, 7) is 12.1. The number of benzene rings is 1. The molecule has 3 rings (SSSR count). The van der Waals surface area contributed by atoms with Crippen LogP contribution in [-0.4, -0.2) is 34.1 Å². The number of hydrogen-bond acceptors (Lipinski definition) is 4. The number of likely N-dealkylation sites (N-methyl/N-ethyl adjacent to an activating group) is 1. The van der Waals surface area contributed by atoms with Gasteiger partial charge in [-0.05, 0) is 32.0 Å². The molecule has 3 aromatic rings. The Morgan fingerprint density at radius 3 is 2.44 bits per heavy atom. The van der Waals surface area contributed by atoms with E-state index in [0.717, 1.165) is 59.6 Å². The molecule has 0 atom stereocenters. The van der Waals surface area contributed by atoms with Gasteiger partial charge in [0.1, 0.15) is 10.7 Å².